The van der Waals surface area contributed by atoms with Crippen LogP contribution in [0.2, 0.25) is 0 Å². The van der Waals surface area contributed by atoms with E-state index in [9.17, 15) is 4.79 Å². The van der Waals surface area contributed by atoms with Crippen molar-refractivity contribution in [3.8, 4) is 5.75 Å². The highest BCUT2D eigenvalue weighted by molar-refractivity contribution is 5.85. The maximum atomic E-state index is 11.9. The van der Waals surface area contributed by atoms with Crippen LogP contribution in [0.3, 0.4) is 0 Å². The average molecular weight is 285 g/mol. The molecule has 0 spiro atoms. The first-order valence-corrected chi connectivity index (χ1v) is 6.39. The van der Waals surface area contributed by atoms with E-state index in [1.807, 2.05) is 24.3 Å². The molecule has 0 radical (unpaired) electrons. The van der Waals surface area contributed by atoms with E-state index in [0.717, 1.165) is 37.4 Å². The molecule has 0 bridgehead atoms. The first-order valence-electron chi connectivity index (χ1n) is 6.39. The fourth-order valence-corrected chi connectivity index (χ4v) is 2.23. The second-order valence-corrected chi connectivity index (χ2v) is 4.65. The fourth-order valence-electron chi connectivity index (χ4n) is 2.23. The van der Waals surface area contributed by atoms with Crippen molar-refractivity contribution in [2.75, 3.05) is 26.7 Å². The number of para-hydroxylation sites is 1. The number of carbonyl (C=O) groups excluding carboxylic acids is 1. The Balaban J connectivity index is 0.00000180. The van der Waals surface area contributed by atoms with Gasteiger partial charge in [-0.15, -0.1) is 12.4 Å². The van der Waals surface area contributed by atoms with Gasteiger partial charge < -0.3 is 15.4 Å². The number of carbonyl (C=O) groups is 1. The molecule has 1 amide bonds. The number of rotatable bonds is 5. The standard InChI is InChI=1S/C14H20N2O2.ClH/c1-18-13-5-3-2-4-12(13)8-14(17)16-10-11-6-7-15-9-11;/h2-5,11,15H,6-10H2,1H3,(H,16,17);1H. The Labute approximate surface area is 120 Å². The minimum Gasteiger partial charge on any atom is -0.496 e. The highest BCUT2D eigenvalue weighted by Crippen LogP contribution is 2.17. The molecule has 0 aliphatic carbocycles. The van der Waals surface area contributed by atoms with Gasteiger partial charge in [-0.3, -0.25) is 4.79 Å². The predicted octanol–water partition coefficient (Wildman–Crippen LogP) is 1.39. The normalized spacial score (nSPS) is 17.6. The van der Waals surface area contributed by atoms with Gasteiger partial charge in [-0.1, -0.05) is 18.2 Å². The number of hydrogen-bond donors (Lipinski definition) is 2. The molecule has 1 aliphatic heterocycles. The Morgan fingerprint density at radius 1 is 1.47 bits per heavy atom. The molecular weight excluding hydrogens is 264 g/mol. The monoisotopic (exact) mass is 284 g/mol. The summed E-state index contributed by atoms with van der Waals surface area (Å²) in [4.78, 5) is 11.9. The number of amides is 1. The van der Waals surface area contributed by atoms with Crippen LogP contribution in [-0.4, -0.2) is 32.7 Å². The van der Waals surface area contributed by atoms with E-state index in [0.29, 0.717) is 12.3 Å². The van der Waals surface area contributed by atoms with E-state index < -0.39 is 0 Å². The summed E-state index contributed by atoms with van der Waals surface area (Å²) in [6, 6.07) is 7.63. The number of ether oxygens (including phenoxy) is 1. The Hall–Kier alpha value is -1.26. The minimum absolute atomic E-state index is 0. The van der Waals surface area contributed by atoms with E-state index in [-0.39, 0.29) is 18.3 Å². The summed E-state index contributed by atoms with van der Waals surface area (Å²) in [5.41, 5.74) is 0.932. The van der Waals surface area contributed by atoms with Gasteiger partial charge in [0, 0.05) is 12.1 Å². The van der Waals surface area contributed by atoms with Gasteiger partial charge in [-0.25, -0.2) is 0 Å². The molecule has 19 heavy (non-hydrogen) atoms. The van der Waals surface area contributed by atoms with E-state index in [1.54, 1.807) is 7.11 Å². The fraction of sp³-hybridized carbons (Fsp3) is 0.500. The molecule has 1 atom stereocenters. The second kappa shape index (κ2) is 8.02. The van der Waals surface area contributed by atoms with E-state index in [1.165, 1.54) is 0 Å². The van der Waals surface area contributed by atoms with Crippen molar-refractivity contribution < 1.29 is 9.53 Å². The lowest BCUT2D eigenvalue weighted by molar-refractivity contribution is -0.120. The molecule has 4 nitrogen and oxygen atoms in total. The second-order valence-electron chi connectivity index (χ2n) is 4.65. The molecule has 1 aromatic carbocycles. The van der Waals surface area contributed by atoms with Crippen molar-refractivity contribution in [1.29, 1.82) is 0 Å². The smallest absolute Gasteiger partial charge is 0.224 e. The molecule has 2 N–H and O–H groups in total. The third-order valence-electron chi connectivity index (χ3n) is 3.29. The Morgan fingerprint density at radius 3 is 2.95 bits per heavy atom. The highest BCUT2D eigenvalue weighted by atomic mass is 35.5. The van der Waals surface area contributed by atoms with Crippen LogP contribution in [0.15, 0.2) is 24.3 Å². The maximum Gasteiger partial charge on any atom is 0.224 e. The van der Waals surface area contributed by atoms with Gasteiger partial charge in [-0.05, 0) is 31.5 Å². The molecule has 1 saturated heterocycles. The Kier molecular flexibility index (Phi) is 6.67. The predicted molar refractivity (Wildman–Crippen MR) is 77.9 cm³/mol. The lowest BCUT2D eigenvalue weighted by Crippen LogP contribution is -2.31. The number of nitrogens with one attached hydrogen (secondary N) is 2. The minimum atomic E-state index is 0. The highest BCUT2D eigenvalue weighted by Gasteiger charge is 2.15. The van der Waals surface area contributed by atoms with Crippen molar-refractivity contribution in [1.82, 2.24) is 10.6 Å². The molecule has 1 aromatic rings. The van der Waals surface area contributed by atoms with Gasteiger partial charge in [0.25, 0.3) is 0 Å². The Bertz CT molecular complexity index is 406. The van der Waals surface area contributed by atoms with Crippen LogP contribution in [0, 0.1) is 5.92 Å². The van der Waals surface area contributed by atoms with Gasteiger partial charge in [0.05, 0.1) is 13.5 Å². The number of benzene rings is 1. The van der Waals surface area contributed by atoms with E-state index >= 15 is 0 Å². The molecule has 1 aliphatic rings. The van der Waals surface area contributed by atoms with E-state index in [4.69, 9.17) is 4.74 Å². The van der Waals surface area contributed by atoms with Crippen LogP contribution in [0.5, 0.6) is 5.75 Å². The first kappa shape index (κ1) is 15.8. The molecule has 5 heteroatoms. The van der Waals surface area contributed by atoms with E-state index in [2.05, 4.69) is 10.6 Å². The SMILES string of the molecule is COc1ccccc1CC(=O)NCC1CCNC1.Cl. The van der Waals surface area contributed by atoms with Crippen molar-refractivity contribution in [2.24, 2.45) is 5.92 Å². The van der Waals surface area contributed by atoms with Gasteiger partial charge in [0.1, 0.15) is 5.75 Å². The van der Waals surface area contributed by atoms with Crippen LogP contribution >= 0.6 is 12.4 Å². The lowest BCUT2D eigenvalue weighted by atomic mass is 10.1. The molecule has 1 fully saturated rings. The van der Waals surface area contributed by atoms with Gasteiger partial charge in [-0.2, -0.15) is 0 Å². The largest absolute Gasteiger partial charge is 0.496 e. The van der Waals surface area contributed by atoms with Gasteiger partial charge in [0.2, 0.25) is 5.91 Å². The topological polar surface area (TPSA) is 50.4 Å². The van der Waals surface area contributed by atoms with Crippen molar-refractivity contribution in [3.05, 3.63) is 29.8 Å². The summed E-state index contributed by atoms with van der Waals surface area (Å²) in [5, 5.41) is 6.28. The average Bonchev–Trinajstić information content (AvgIpc) is 2.90. The summed E-state index contributed by atoms with van der Waals surface area (Å²) >= 11 is 0. The zero-order chi connectivity index (χ0) is 12.8. The zero-order valence-electron chi connectivity index (χ0n) is 11.1. The van der Waals surface area contributed by atoms with Crippen LogP contribution in [0.1, 0.15) is 12.0 Å². The molecular formula is C14H21ClN2O2. The Morgan fingerprint density at radius 2 is 2.26 bits per heavy atom. The number of halogens is 1. The molecule has 106 valence electrons. The van der Waals surface area contributed by atoms with Gasteiger partial charge in [0.15, 0.2) is 0 Å². The van der Waals surface area contributed by atoms with Crippen molar-refractivity contribution in [3.63, 3.8) is 0 Å². The van der Waals surface area contributed by atoms with Crippen LogP contribution in [0.25, 0.3) is 0 Å². The molecule has 2 rings (SSSR count). The molecule has 1 unspecified atom stereocenters. The third kappa shape index (κ3) is 4.73. The summed E-state index contributed by atoms with van der Waals surface area (Å²) in [5.74, 6) is 1.41. The van der Waals surface area contributed by atoms with Crippen LogP contribution < -0.4 is 15.4 Å². The van der Waals surface area contributed by atoms with Crippen LogP contribution in [-0.2, 0) is 11.2 Å². The maximum absolute atomic E-state index is 11.9. The molecule has 1 heterocycles. The first-order chi connectivity index (χ1) is 8.79. The lowest BCUT2D eigenvalue weighted by Gasteiger charge is -2.11. The van der Waals surface area contributed by atoms with Crippen LogP contribution in [0.4, 0.5) is 0 Å². The number of hydrogen-bond acceptors (Lipinski definition) is 3. The molecule has 0 aromatic heterocycles. The number of methoxy groups -OCH3 is 1. The summed E-state index contributed by atoms with van der Waals surface area (Å²) in [6.07, 6.45) is 1.53. The zero-order valence-corrected chi connectivity index (χ0v) is 12.0. The summed E-state index contributed by atoms with van der Waals surface area (Å²) < 4.78 is 5.23. The quantitative estimate of drug-likeness (QED) is 0.859. The van der Waals surface area contributed by atoms with Crippen molar-refractivity contribution in [2.45, 2.75) is 12.8 Å². The van der Waals surface area contributed by atoms with Gasteiger partial charge >= 0.3 is 0 Å². The summed E-state index contributed by atoms with van der Waals surface area (Å²) in [6.45, 7) is 2.84. The summed E-state index contributed by atoms with van der Waals surface area (Å²) in [7, 11) is 1.63. The van der Waals surface area contributed by atoms with Crippen molar-refractivity contribution >= 4 is 18.3 Å². The molecule has 0 saturated carbocycles. The third-order valence-corrected chi connectivity index (χ3v) is 3.29.